The second kappa shape index (κ2) is 5.28. The van der Waals surface area contributed by atoms with Crippen LogP contribution in [-0.2, 0) is 0 Å². The first-order valence-corrected chi connectivity index (χ1v) is 6.85. The first-order chi connectivity index (χ1) is 9.29. The van der Waals surface area contributed by atoms with Crippen molar-refractivity contribution >= 4 is 17.4 Å². The molecule has 1 aromatic rings. The van der Waals surface area contributed by atoms with Crippen LogP contribution in [0.4, 0.5) is 11.5 Å². The summed E-state index contributed by atoms with van der Waals surface area (Å²) in [7, 11) is 0. The molecule has 0 radical (unpaired) electrons. The van der Waals surface area contributed by atoms with Crippen molar-refractivity contribution in [1.82, 2.24) is 9.88 Å². The molecule has 1 amide bonds. The van der Waals surface area contributed by atoms with Gasteiger partial charge in [0, 0.05) is 31.7 Å². The molecule has 20 heavy (non-hydrogen) atoms. The summed E-state index contributed by atoms with van der Waals surface area (Å²) < 4.78 is 0. The Kier molecular flexibility index (Phi) is 3.85. The van der Waals surface area contributed by atoms with E-state index < -0.39 is 5.91 Å². The third-order valence-corrected chi connectivity index (χ3v) is 3.69. The molecule has 0 unspecified atom stereocenters. The number of nitrogens with two attached hydrogens (primary N) is 2. The van der Waals surface area contributed by atoms with Crippen LogP contribution in [0.5, 0.6) is 0 Å². The van der Waals surface area contributed by atoms with Gasteiger partial charge in [0.25, 0.3) is 5.91 Å². The predicted molar refractivity (Wildman–Crippen MR) is 80.7 cm³/mol. The Morgan fingerprint density at radius 3 is 2.30 bits per heavy atom. The topological polar surface area (TPSA) is 88.5 Å². The molecule has 4 N–H and O–H groups in total. The zero-order valence-electron chi connectivity index (χ0n) is 12.4. The molecule has 0 atom stereocenters. The fraction of sp³-hybridized carbons (Fsp3) is 0.571. The fourth-order valence-electron chi connectivity index (χ4n) is 2.44. The smallest absolute Gasteiger partial charge is 0.267 e. The van der Waals surface area contributed by atoms with Crippen molar-refractivity contribution in [3.63, 3.8) is 0 Å². The van der Waals surface area contributed by atoms with Crippen LogP contribution in [0.25, 0.3) is 0 Å². The molecular weight excluding hydrogens is 254 g/mol. The summed E-state index contributed by atoms with van der Waals surface area (Å²) in [6.45, 7) is 10.2. The molecule has 2 heterocycles. The van der Waals surface area contributed by atoms with Crippen molar-refractivity contribution in [2.75, 3.05) is 36.8 Å². The van der Waals surface area contributed by atoms with E-state index in [1.807, 2.05) is 0 Å². The van der Waals surface area contributed by atoms with Crippen LogP contribution in [0.15, 0.2) is 12.1 Å². The van der Waals surface area contributed by atoms with Gasteiger partial charge in [-0.05, 0) is 32.9 Å². The molecule has 0 bridgehead atoms. The number of carbonyl (C=O) groups excluding carboxylic acids is 1. The standard InChI is InChI=1S/C14H23N5O/c1-14(2,3)19-8-6-18(7-9-19)13-10(15)4-5-11(17-13)12(16)20/h4-5H,6-9,15H2,1-3H3,(H2,16,20). The van der Waals surface area contributed by atoms with Crippen LogP contribution < -0.4 is 16.4 Å². The molecule has 2 rings (SSSR count). The average Bonchev–Trinajstić information content (AvgIpc) is 2.38. The summed E-state index contributed by atoms with van der Waals surface area (Å²) in [6, 6.07) is 3.26. The lowest BCUT2D eigenvalue weighted by Crippen LogP contribution is -2.53. The van der Waals surface area contributed by atoms with Crippen LogP contribution in [0, 0.1) is 0 Å². The maximum absolute atomic E-state index is 11.2. The lowest BCUT2D eigenvalue weighted by Gasteiger charge is -2.42. The molecule has 1 saturated heterocycles. The van der Waals surface area contributed by atoms with Crippen LogP contribution in [0.3, 0.4) is 0 Å². The Labute approximate surface area is 119 Å². The normalized spacial score (nSPS) is 17.2. The van der Waals surface area contributed by atoms with Crippen molar-refractivity contribution < 1.29 is 4.79 Å². The highest BCUT2D eigenvalue weighted by molar-refractivity contribution is 5.91. The number of anilines is 2. The lowest BCUT2D eigenvalue weighted by molar-refractivity contribution is 0.0995. The molecular formula is C14H23N5O. The fourth-order valence-corrected chi connectivity index (χ4v) is 2.44. The minimum atomic E-state index is -0.528. The zero-order chi connectivity index (χ0) is 14.9. The number of amides is 1. The molecule has 0 aromatic carbocycles. The number of rotatable bonds is 2. The second-order valence-electron chi connectivity index (χ2n) is 6.12. The second-order valence-corrected chi connectivity index (χ2v) is 6.12. The highest BCUT2D eigenvalue weighted by atomic mass is 16.1. The highest BCUT2D eigenvalue weighted by Crippen LogP contribution is 2.24. The quantitative estimate of drug-likeness (QED) is 0.830. The van der Waals surface area contributed by atoms with Crippen molar-refractivity contribution in [2.45, 2.75) is 26.3 Å². The van der Waals surface area contributed by atoms with E-state index >= 15 is 0 Å². The van der Waals surface area contributed by atoms with Gasteiger partial charge in [-0.3, -0.25) is 9.69 Å². The van der Waals surface area contributed by atoms with E-state index in [1.54, 1.807) is 12.1 Å². The Morgan fingerprint density at radius 2 is 1.80 bits per heavy atom. The number of nitrogens with zero attached hydrogens (tertiary/aromatic N) is 3. The summed E-state index contributed by atoms with van der Waals surface area (Å²) in [6.07, 6.45) is 0. The van der Waals surface area contributed by atoms with E-state index in [0.717, 1.165) is 26.2 Å². The maximum atomic E-state index is 11.2. The van der Waals surface area contributed by atoms with Gasteiger partial charge in [0.2, 0.25) is 0 Å². The van der Waals surface area contributed by atoms with Crippen molar-refractivity contribution in [1.29, 1.82) is 0 Å². The molecule has 110 valence electrons. The van der Waals surface area contributed by atoms with Gasteiger partial charge in [0.1, 0.15) is 5.69 Å². The monoisotopic (exact) mass is 277 g/mol. The summed E-state index contributed by atoms with van der Waals surface area (Å²) >= 11 is 0. The van der Waals surface area contributed by atoms with Gasteiger partial charge >= 0.3 is 0 Å². The summed E-state index contributed by atoms with van der Waals surface area (Å²) in [5.74, 6) is 0.134. The number of nitrogen functional groups attached to an aromatic ring is 1. The number of aromatic nitrogens is 1. The third-order valence-electron chi connectivity index (χ3n) is 3.69. The Morgan fingerprint density at radius 1 is 1.20 bits per heavy atom. The van der Waals surface area contributed by atoms with Crippen molar-refractivity contribution in [2.24, 2.45) is 5.73 Å². The third kappa shape index (κ3) is 3.01. The molecule has 0 spiro atoms. The number of piperazine rings is 1. The van der Waals surface area contributed by atoms with E-state index in [0.29, 0.717) is 11.5 Å². The Balaban J connectivity index is 2.14. The molecule has 1 fully saturated rings. The minimum Gasteiger partial charge on any atom is -0.396 e. The highest BCUT2D eigenvalue weighted by Gasteiger charge is 2.27. The van der Waals surface area contributed by atoms with Crippen LogP contribution in [0.1, 0.15) is 31.3 Å². The molecule has 6 heteroatoms. The molecule has 1 aliphatic heterocycles. The Hall–Kier alpha value is -1.82. The van der Waals surface area contributed by atoms with Crippen LogP contribution in [0.2, 0.25) is 0 Å². The first-order valence-electron chi connectivity index (χ1n) is 6.85. The van der Waals surface area contributed by atoms with Gasteiger partial charge in [-0.15, -0.1) is 0 Å². The molecule has 1 aliphatic rings. The van der Waals surface area contributed by atoms with Crippen LogP contribution >= 0.6 is 0 Å². The molecule has 6 nitrogen and oxygen atoms in total. The maximum Gasteiger partial charge on any atom is 0.267 e. The number of hydrogen-bond donors (Lipinski definition) is 2. The minimum absolute atomic E-state index is 0.167. The lowest BCUT2D eigenvalue weighted by atomic mass is 10.0. The van der Waals surface area contributed by atoms with E-state index in [1.165, 1.54) is 0 Å². The zero-order valence-corrected chi connectivity index (χ0v) is 12.4. The van der Waals surface area contributed by atoms with Gasteiger partial charge in [-0.1, -0.05) is 0 Å². The molecule has 0 saturated carbocycles. The van der Waals surface area contributed by atoms with Gasteiger partial charge in [0.15, 0.2) is 5.82 Å². The van der Waals surface area contributed by atoms with Gasteiger partial charge < -0.3 is 16.4 Å². The van der Waals surface area contributed by atoms with Crippen molar-refractivity contribution in [3.8, 4) is 0 Å². The van der Waals surface area contributed by atoms with E-state index in [2.05, 4.69) is 35.6 Å². The average molecular weight is 277 g/mol. The largest absolute Gasteiger partial charge is 0.396 e. The first kappa shape index (κ1) is 14.6. The SMILES string of the molecule is CC(C)(C)N1CCN(c2nc(C(N)=O)ccc2N)CC1. The summed E-state index contributed by atoms with van der Waals surface area (Å²) in [4.78, 5) is 20.1. The van der Waals surface area contributed by atoms with E-state index in [-0.39, 0.29) is 11.2 Å². The van der Waals surface area contributed by atoms with E-state index in [4.69, 9.17) is 11.5 Å². The Bertz CT molecular complexity index is 501. The van der Waals surface area contributed by atoms with Crippen LogP contribution in [-0.4, -0.2) is 47.5 Å². The number of carbonyl (C=O) groups is 1. The molecule has 1 aromatic heterocycles. The predicted octanol–water partition coefficient (Wildman–Crippen LogP) is 0.683. The van der Waals surface area contributed by atoms with Crippen molar-refractivity contribution in [3.05, 3.63) is 17.8 Å². The summed E-state index contributed by atoms with van der Waals surface area (Å²) in [5.41, 5.74) is 12.2. The van der Waals surface area contributed by atoms with E-state index in [9.17, 15) is 4.79 Å². The number of hydrogen-bond acceptors (Lipinski definition) is 5. The molecule has 0 aliphatic carbocycles. The number of pyridine rings is 1. The van der Waals surface area contributed by atoms with Gasteiger partial charge in [-0.2, -0.15) is 0 Å². The van der Waals surface area contributed by atoms with Gasteiger partial charge in [0.05, 0.1) is 5.69 Å². The summed E-state index contributed by atoms with van der Waals surface area (Å²) in [5, 5.41) is 0. The number of primary amides is 1. The van der Waals surface area contributed by atoms with Gasteiger partial charge in [-0.25, -0.2) is 4.98 Å².